The number of carbonyl (C=O) groups is 2. The van der Waals surface area contributed by atoms with Crippen LogP contribution in [0.3, 0.4) is 0 Å². The van der Waals surface area contributed by atoms with Crippen LogP contribution in [0.4, 0.5) is 0 Å². The molecule has 1 N–H and O–H groups in total. The van der Waals surface area contributed by atoms with Crippen LogP contribution in [0.5, 0.6) is 17.2 Å². The molecule has 7 nitrogen and oxygen atoms in total. The summed E-state index contributed by atoms with van der Waals surface area (Å²) in [6, 6.07) is 11.4. The Hall–Kier alpha value is -3.74. The van der Waals surface area contributed by atoms with E-state index in [2.05, 4.69) is 4.98 Å². The van der Waals surface area contributed by atoms with Gasteiger partial charge in [0.05, 0.1) is 26.8 Å². The van der Waals surface area contributed by atoms with Gasteiger partial charge in [0, 0.05) is 34.7 Å². The summed E-state index contributed by atoms with van der Waals surface area (Å²) in [6.45, 7) is 0.603. The molecule has 2 aromatic carbocycles. The van der Waals surface area contributed by atoms with Crippen molar-refractivity contribution in [3.8, 4) is 17.2 Å². The van der Waals surface area contributed by atoms with Crippen molar-refractivity contribution in [3.63, 3.8) is 0 Å². The van der Waals surface area contributed by atoms with E-state index < -0.39 is 0 Å². The molecule has 32 heavy (non-hydrogen) atoms. The molecule has 6 rings (SSSR count). The second kappa shape index (κ2) is 6.38. The lowest BCUT2D eigenvalue weighted by molar-refractivity contribution is 0.0806. The number of rotatable bonds is 4. The van der Waals surface area contributed by atoms with Crippen LogP contribution in [0.15, 0.2) is 48.2 Å². The van der Waals surface area contributed by atoms with Crippen LogP contribution in [-0.2, 0) is 5.41 Å². The van der Waals surface area contributed by atoms with E-state index in [-0.39, 0.29) is 17.1 Å². The largest absolute Gasteiger partial charge is 0.493 e. The van der Waals surface area contributed by atoms with E-state index >= 15 is 0 Å². The Labute approximate surface area is 184 Å². The number of benzene rings is 2. The predicted octanol–water partition coefficient (Wildman–Crippen LogP) is 3.69. The van der Waals surface area contributed by atoms with Gasteiger partial charge >= 0.3 is 0 Å². The first kappa shape index (κ1) is 19.0. The van der Waals surface area contributed by atoms with Gasteiger partial charge in [0.25, 0.3) is 5.91 Å². The molecule has 162 valence electrons. The standard InChI is InChI=1S/C25H22N2O5/c1-30-19-9-13-8-17(26-21(13)23(32-3)22(19)31-2)24(29)27-12-14-11-25(14)16-7-5-4-6-15(16)18(28)10-20(25)27/h4-10,14,26H,11-12H2,1-3H3/t14-,25-/m1/s1. The number of ketones is 1. The Bertz CT molecular complexity index is 1350. The van der Waals surface area contributed by atoms with Crippen LogP contribution in [-0.4, -0.2) is 49.4 Å². The predicted molar refractivity (Wildman–Crippen MR) is 118 cm³/mol. The number of carbonyl (C=O) groups excluding carboxylic acids is 2. The van der Waals surface area contributed by atoms with Gasteiger partial charge < -0.3 is 24.1 Å². The molecule has 7 heteroatoms. The molecule has 0 radical (unpaired) electrons. The molecule has 3 aliphatic rings. The highest BCUT2D eigenvalue weighted by Crippen LogP contribution is 2.66. The van der Waals surface area contributed by atoms with Crippen LogP contribution in [0, 0.1) is 5.92 Å². The summed E-state index contributed by atoms with van der Waals surface area (Å²) in [5, 5.41) is 0.779. The number of aromatic amines is 1. The maximum Gasteiger partial charge on any atom is 0.274 e. The zero-order valence-corrected chi connectivity index (χ0v) is 18.0. The quantitative estimate of drug-likeness (QED) is 0.683. The van der Waals surface area contributed by atoms with Crippen molar-refractivity contribution in [3.05, 3.63) is 65.0 Å². The number of hydrogen-bond donors (Lipinski definition) is 1. The van der Waals surface area contributed by atoms with E-state index in [1.165, 1.54) is 0 Å². The van der Waals surface area contributed by atoms with Crippen LogP contribution >= 0.6 is 0 Å². The lowest BCUT2D eigenvalue weighted by Gasteiger charge is -2.29. The smallest absolute Gasteiger partial charge is 0.274 e. The maximum atomic E-state index is 13.6. The number of likely N-dealkylation sites (tertiary alicyclic amines) is 1. The molecule has 0 bridgehead atoms. The Morgan fingerprint density at radius 2 is 1.88 bits per heavy atom. The maximum absolute atomic E-state index is 13.6. The van der Waals surface area contributed by atoms with Gasteiger partial charge in [0.2, 0.25) is 5.75 Å². The number of nitrogens with one attached hydrogen (secondary N) is 1. The van der Waals surface area contributed by atoms with Gasteiger partial charge in [-0.05, 0) is 30.0 Å². The minimum atomic E-state index is -0.212. The van der Waals surface area contributed by atoms with Gasteiger partial charge in [0.1, 0.15) is 5.69 Å². The highest BCUT2D eigenvalue weighted by atomic mass is 16.5. The molecule has 0 unspecified atom stereocenters. The van der Waals surface area contributed by atoms with Crippen LogP contribution in [0.2, 0.25) is 0 Å². The summed E-state index contributed by atoms with van der Waals surface area (Å²) in [7, 11) is 4.65. The third-order valence-corrected chi connectivity index (χ3v) is 7.09. The van der Waals surface area contributed by atoms with E-state index in [0.29, 0.717) is 40.9 Å². The third-order valence-electron chi connectivity index (χ3n) is 7.09. The van der Waals surface area contributed by atoms with Crippen molar-refractivity contribution in [1.82, 2.24) is 9.88 Å². The summed E-state index contributed by atoms with van der Waals surface area (Å²) in [4.78, 5) is 31.4. The number of methoxy groups -OCH3 is 3. The average Bonchev–Trinajstić information content (AvgIpc) is 3.20. The molecule has 2 heterocycles. The number of hydrogen-bond acceptors (Lipinski definition) is 5. The van der Waals surface area contributed by atoms with Gasteiger partial charge in [-0.25, -0.2) is 0 Å². The van der Waals surface area contributed by atoms with Crippen molar-refractivity contribution in [2.75, 3.05) is 27.9 Å². The number of nitrogens with zero attached hydrogens (tertiary/aromatic N) is 1. The molecule has 3 aromatic rings. The Morgan fingerprint density at radius 3 is 2.62 bits per heavy atom. The third kappa shape index (κ3) is 2.25. The Kier molecular flexibility index (Phi) is 3.79. The molecule has 1 amide bonds. The van der Waals surface area contributed by atoms with Gasteiger partial charge in [-0.2, -0.15) is 0 Å². The monoisotopic (exact) mass is 430 g/mol. The summed E-state index contributed by atoms with van der Waals surface area (Å²) in [6.07, 6.45) is 2.63. The second-order valence-corrected chi connectivity index (χ2v) is 8.52. The molecule has 1 aliphatic heterocycles. The van der Waals surface area contributed by atoms with Crippen LogP contribution in [0.1, 0.15) is 32.8 Å². The van der Waals surface area contributed by atoms with E-state index in [0.717, 1.165) is 28.6 Å². The van der Waals surface area contributed by atoms with Crippen LogP contribution < -0.4 is 14.2 Å². The molecular formula is C25H22N2O5. The van der Waals surface area contributed by atoms with Crippen molar-refractivity contribution in [2.45, 2.75) is 11.8 Å². The number of piperidine rings is 1. The molecule has 2 fully saturated rings. The minimum Gasteiger partial charge on any atom is -0.493 e. The van der Waals surface area contributed by atoms with Gasteiger partial charge in [-0.3, -0.25) is 9.59 Å². The lowest BCUT2D eigenvalue weighted by atomic mass is 9.81. The number of ether oxygens (including phenoxy) is 3. The molecule has 2 atom stereocenters. The van der Waals surface area contributed by atoms with E-state index in [1.54, 1.807) is 38.4 Å². The fraction of sp³-hybridized carbons (Fsp3) is 0.280. The zero-order chi connectivity index (χ0) is 22.2. The molecule has 1 spiro atoms. The number of H-pyrrole nitrogens is 1. The van der Waals surface area contributed by atoms with Crippen molar-refractivity contribution < 1.29 is 23.8 Å². The second-order valence-electron chi connectivity index (χ2n) is 8.52. The molecule has 1 saturated heterocycles. The topological polar surface area (TPSA) is 80.9 Å². The number of fused-ring (bicyclic) bond motifs is 2. The first-order valence-corrected chi connectivity index (χ1v) is 10.5. The number of aromatic nitrogens is 1. The molecule has 1 aromatic heterocycles. The normalized spacial score (nSPS) is 22.7. The molecular weight excluding hydrogens is 408 g/mol. The SMILES string of the molecule is COc1cc2cc(C(=O)N3C[C@H]4C[C@@]45C3=CC(=O)c3ccccc35)[nH]c2c(OC)c1OC. The first-order valence-electron chi connectivity index (χ1n) is 10.5. The Morgan fingerprint density at radius 1 is 1.09 bits per heavy atom. The highest BCUT2D eigenvalue weighted by Gasteiger charge is 2.67. The van der Waals surface area contributed by atoms with E-state index in [9.17, 15) is 9.59 Å². The number of amides is 1. The first-order chi connectivity index (χ1) is 15.5. The zero-order valence-electron chi connectivity index (χ0n) is 18.0. The van der Waals surface area contributed by atoms with Crippen molar-refractivity contribution in [2.24, 2.45) is 5.92 Å². The molecule has 1 saturated carbocycles. The molecule has 2 aliphatic carbocycles. The minimum absolute atomic E-state index is 0.0423. The van der Waals surface area contributed by atoms with Gasteiger partial charge in [-0.1, -0.05) is 24.3 Å². The van der Waals surface area contributed by atoms with E-state index in [4.69, 9.17) is 14.2 Å². The summed E-state index contributed by atoms with van der Waals surface area (Å²) in [5.41, 5.74) is 3.50. The van der Waals surface area contributed by atoms with Gasteiger partial charge in [0.15, 0.2) is 17.3 Å². The van der Waals surface area contributed by atoms with Crippen molar-refractivity contribution >= 4 is 22.6 Å². The van der Waals surface area contributed by atoms with Crippen LogP contribution in [0.25, 0.3) is 10.9 Å². The van der Waals surface area contributed by atoms with Crippen molar-refractivity contribution in [1.29, 1.82) is 0 Å². The Balaban J connectivity index is 1.43. The van der Waals surface area contributed by atoms with Gasteiger partial charge in [-0.15, -0.1) is 0 Å². The fourth-order valence-electron chi connectivity index (χ4n) is 5.58. The van der Waals surface area contributed by atoms with E-state index in [1.807, 2.05) is 30.3 Å². The fourth-order valence-corrected chi connectivity index (χ4v) is 5.58. The number of allylic oxidation sites excluding steroid dienone is 2. The summed E-state index contributed by atoms with van der Waals surface area (Å²) >= 11 is 0. The lowest BCUT2D eigenvalue weighted by Crippen LogP contribution is -2.33. The summed E-state index contributed by atoms with van der Waals surface area (Å²) < 4.78 is 16.4. The summed E-state index contributed by atoms with van der Waals surface area (Å²) in [5.74, 6) is 1.59. The highest BCUT2D eigenvalue weighted by molar-refractivity contribution is 6.10. The average molecular weight is 430 g/mol.